The number of amides is 1. The minimum absolute atomic E-state index is 0.0446. The zero-order chi connectivity index (χ0) is 22.6. The molecule has 1 saturated carbocycles. The molecule has 0 spiro atoms. The van der Waals surface area contributed by atoms with Gasteiger partial charge in [-0.25, -0.2) is 4.68 Å². The number of fused-ring (bicyclic) bond motifs is 1. The molecule has 0 unspecified atom stereocenters. The van der Waals surface area contributed by atoms with Crippen LogP contribution in [0.3, 0.4) is 0 Å². The van der Waals surface area contributed by atoms with Crippen LogP contribution in [0.5, 0.6) is 0 Å². The van der Waals surface area contributed by atoms with E-state index >= 15 is 0 Å². The number of carbonyl (C=O) groups is 2. The lowest BCUT2D eigenvalue weighted by Gasteiger charge is -2.36. The number of carbonyl (C=O) groups excluding carboxylic acids is 1. The Morgan fingerprint density at radius 2 is 1.75 bits per heavy atom. The van der Waals surface area contributed by atoms with Crippen LogP contribution in [0.4, 0.5) is 0 Å². The standard InChI is InChI=1S/C25H27N3O4/c29-22(26-17-25(15-24(31)32)12-4-1-5-13-25)16-28-23(30)11-10-21(27-28)20-9-8-18-6-2-3-7-19(18)14-20/h2-3,6-11,14H,1,4-5,12-13,15-17H2,(H,26,29)(H,31,32). The molecule has 0 bridgehead atoms. The number of nitrogens with zero attached hydrogens (tertiary/aromatic N) is 2. The Bertz CT molecular complexity index is 1200. The molecule has 1 aliphatic carbocycles. The van der Waals surface area contributed by atoms with Crippen LogP contribution in [-0.2, 0) is 16.1 Å². The van der Waals surface area contributed by atoms with Gasteiger partial charge in [0.15, 0.2) is 0 Å². The lowest BCUT2D eigenvalue weighted by atomic mass is 9.71. The number of hydrogen-bond acceptors (Lipinski definition) is 4. The van der Waals surface area contributed by atoms with Crippen LogP contribution in [-0.4, -0.2) is 33.3 Å². The highest BCUT2D eigenvalue weighted by Crippen LogP contribution is 2.38. The molecule has 32 heavy (non-hydrogen) atoms. The first-order chi connectivity index (χ1) is 15.4. The monoisotopic (exact) mass is 433 g/mol. The third-order valence-electron chi connectivity index (χ3n) is 6.31. The van der Waals surface area contributed by atoms with Crippen LogP contribution in [0.2, 0.25) is 0 Å². The first kappa shape index (κ1) is 21.7. The fourth-order valence-corrected chi connectivity index (χ4v) is 4.58. The Balaban J connectivity index is 1.48. The molecule has 0 radical (unpaired) electrons. The fourth-order valence-electron chi connectivity index (χ4n) is 4.58. The molecule has 7 heteroatoms. The van der Waals surface area contributed by atoms with Gasteiger partial charge in [-0.1, -0.05) is 55.7 Å². The van der Waals surface area contributed by atoms with Crippen molar-refractivity contribution in [2.75, 3.05) is 6.54 Å². The van der Waals surface area contributed by atoms with Crippen molar-refractivity contribution in [2.45, 2.75) is 45.1 Å². The molecule has 0 atom stereocenters. The molecule has 7 nitrogen and oxygen atoms in total. The Morgan fingerprint density at radius 1 is 1.00 bits per heavy atom. The number of nitrogens with one attached hydrogen (secondary N) is 1. The lowest BCUT2D eigenvalue weighted by molar-refractivity contribution is -0.140. The molecule has 0 saturated heterocycles. The second kappa shape index (κ2) is 9.34. The quantitative estimate of drug-likeness (QED) is 0.593. The molecule has 0 aliphatic heterocycles. The zero-order valence-corrected chi connectivity index (χ0v) is 17.9. The van der Waals surface area contributed by atoms with Crippen molar-refractivity contribution in [3.63, 3.8) is 0 Å². The van der Waals surface area contributed by atoms with Crippen molar-refractivity contribution in [3.8, 4) is 11.3 Å². The Hall–Kier alpha value is -3.48. The average molecular weight is 434 g/mol. The van der Waals surface area contributed by atoms with Crippen molar-refractivity contribution in [3.05, 3.63) is 65.0 Å². The number of rotatable bonds is 7. The Kier molecular flexibility index (Phi) is 6.35. The molecule has 4 rings (SSSR count). The van der Waals surface area contributed by atoms with E-state index in [9.17, 15) is 19.5 Å². The summed E-state index contributed by atoms with van der Waals surface area (Å²) < 4.78 is 1.16. The maximum Gasteiger partial charge on any atom is 0.303 e. The molecule has 166 valence electrons. The molecule has 1 amide bonds. The highest BCUT2D eigenvalue weighted by Gasteiger charge is 2.34. The van der Waals surface area contributed by atoms with E-state index in [0.29, 0.717) is 12.2 Å². The van der Waals surface area contributed by atoms with Crippen molar-refractivity contribution in [1.29, 1.82) is 0 Å². The van der Waals surface area contributed by atoms with E-state index in [4.69, 9.17) is 0 Å². The summed E-state index contributed by atoms with van der Waals surface area (Å²) >= 11 is 0. The lowest BCUT2D eigenvalue weighted by Crippen LogP contribution is -2.42. The zero-order valence-electron chi connectivity index (χ0n) is 17.9. The Labute approximate surface area is 186 Å². The van der Waals surface area contributed by atoms with Gasteiger partial charge >= 0.3 is 5.97 Å². The minimum atomic E-state index is -0.845. The topological polar surface area (TPSA) is 101 Å². The summed E-state index contributed by atoms with van der Waals surface area (Å²) in [6.45, 7) is 0.0979. The van der Waals surface area contributed by atoms with Gasteiger partial charge in [-0.15, -0.1) is 0 Å². The van der Waals surface area contributed by atoms with E-state index in [1.54, 1.807) is 6.07 Å². The first-order valence-electron chi connectivity index (χ1n) is 11.0. The van der Waals surface area contributed by atoms with Gasteiger partial charge in [-0.05, 0) is 41.2 Å². The summed E-state index contributed by atoms with van der Waals surface area (Å²) in [6.07, 6.45) is 4.65. The molecule has 2 aromatic carbocycles. The molecule has 1 aliphatic rings. The number of aliphatic carboxylic acids is 1. The van der Waals surface area contributed by atoms with Gasteiger partial charge in [0.1, 0.15) is 6.54 Å². The number of carboxylic acids is 1. The summed E-state index contributed by atoms with van der Waals surface area (Å²) in [5.74, 6) is -1.19. The highest BCUT2D eigenvalue weighted by atomic mass is 16.4. The van der Waals surface area contributed by atoms with E-state index in [1.165, 1.54) is 6.07 Å². The Morgan fingerprint density at radius 3 is 2.50 bits per heavy atom. The molecular weight excluding hydrogens is 406 g/mol. The summed E-state index contributed by atoms with van der Waals surface area (Å²) in [5.41, 5.74) is 0.700. The van der Waals surface area contributed by atoms with Gasteiger partial charge < -0.3 is 10.4 Å². The van der Waals surface area contributed by atoms with E-state index < -0.39 is 11.4 Å². The van der Waals surface area contributed by atoms with Crippen LogP contribution in [0, 0.1) is 5.41 Å². The normalized spacial score (nSPS) is 15.4. The third-order valence-corrected chi connectivity index (χ3v) is 6.31. The van der Waals surface area contributed by atoms with Crippen molar-refractivity contribution < 1.29 is 14.7 Å². The predicted molar refractivity (Wildman–Crippen MR) is 122 cm³/mol. The number of benzene rings is 2. The van der Waals surface area contributed by atoms with Crippen LogP contribution < -0.4 is 10.9 Å². The second-order valence-corrected chi connectivity index (χ2v) is 8.68. The molecule has 2 N–H and O–H groups in total. The van der Waals surface area contributed by atoms with Gasteiger partial charge in [0, 0.05) is 18.2 Å². The third kappa shape index (κ3) is 5.04. The van der Waals surface area contributed by atoms with E-state index in [-0.39, 0.29) is 24.4 Å². The van der Waals surface area contributed by atoms with E-state index in [2.05, 4.69) is 10.4 Å². The largest absolute Gasteiger partial charge is 0.481 e. The molecule has 1 aromatic heterocycles. The van der Waals surface area contributed by atoms with Crippen molar-refractivity contribution >= 4 is 22.6 Å². The summed E-state index contributed by atoms with van der Waals surface area (Å²) in [6, 6.07) is 17.0. The summed E-state index contributed by atoms with van der Waals surface area (Å²) in [7, 11) is 0. The smallest absolute Gasteiger partial charge is 0.303 e. The van der Waals surface area contributed by atoms with Gasteiger partial charge in [-0.3, -0.25) is 14.4 Å². The maximum atomic E-state index is 12.6. The maximum absolute atomic E-state index is 12.6. The van der Waals surface area contributed by atoms with Crippen LogP contribution in [0.1, 0.15) is 38.5 Å². The molecular formula is C25H27N3O4. The number of hydrogen-bond donors (Lipinski definition) is 2. The van der Waals surface area contributed by atoms with Crippen molar-refractivity contribution in [2.24, 2.45) is 5.41 Å². The molecule has 3 aromatic rings. The van der Waals surface area contributed by atoms with E-state index in [0.717, 1.165) is 53.1 Å². The van der Waals surface area contributed by atoms with Crippen LogP contribution in [0.15, 0.2) is 59.4 Å². The summed E-state index contributed by atoms with van der Waals surface area (Å²) in [4.78, 5) is 36.2. The molecule has 1 fully saturated rings. The molecule has 1 heterocycles. The number of carboxylic acid groups (broad SMARTS) is 1. The average Bonchev–Trinajstić information content (AvgIpc) is 2.79. The van der Waals surface area contributed by atoms with Gasteiger partial charge in [-0.2, -0.15) is 5.10 Å². The highest BCUT2D eigenvalue weighted by molar-refractivity contribution is 5.86. The second-order valence-electron chi connectivity index (χ2n) is 8.68. The van der Waals surface area contributed by atoms with Crippen LogP contribution in [0.25, 0.3) is 22.0 Å². The predicted octanol–water partition coefficient (Wildman–Crippen LogP) is 3.60. The fraction of sp³-hybridized carbons (Fsp3) is 0.360. The first-order valence-corrected chi connectivity index (χ1v) is 11.0. The summed E-state index contributed by atoms with van der Waals surface area (Å²) in [5, 5.41) is 18.7. The van der Waals surface area contributed by atoms with Gasteiger partial charge in [0.2, 0.25) is 5.91 Å². The van der Waals surface area contributed by atoms with E-state index in [1.807, 2.05) is 42.5 Å². The minimum Gasteiger partial charge on any atom is -0.481 e. The SMILES string of the molecule is O=C(O)CC1(CNC(=O)Cn2nc(-c3ccc4ccccc4c3)ccc2=O)CCCCC1. The van der Waals surface area contributed by atoms with Crippen LogP contribution >= 0.6 is 0 Å². The van der Waals surface area contributed by atoms with Crippen molar-refractivity contribution in [1.82, 2.24) is 15.1 Å². The number of aromatic nitrogens is 2. The van der Waals surface area contributed by atoms with Gasteiger partial charge in [0.05, 0.1) is 12.1 Å². The van der Waals surface area contributed by atoms with Gasteiger partial charge in [0.25, 0.3) is 5.56 Å².